The second-order valence-electron chi connectivity index (χ2n) is 10.7. The minimum atomic E-state index is -4.47. The van der Waals surface area contributed by atoms with Crippen molar-refractivity contribution in [1.29, 1.82) is 0 Å². The number of hydrogen-bond acceptors (Lipinski definition) is 1. The predicted octanol–water partition coefficient (Wildman–Crippen LogP) is 8.19. The largest absolute Gasteiger partial charge is 0.416 e. The third kappa shape index (κ3) is 6.22. The molecule has 1 heterocycles. The molecule has 4 rings (SSSR count). The molecule has 0 aliphatic rings. The standard InChI is InChI=1S/C30H31ClF4N2OSi/c1-19(2)39(3,4)24-10-8-21(9-11-24)18-37(15-13-20-6-5-7-23(16-20)30(33,34)35)29(38)26-27(32)25(31)17-22-12-14-36-28(22)26/h5-12,14,16-17,19,36H,13,15,18H2,1-4H3. The second kappa shape index (κ2) is 11.2. The Morgan fingerprint density at radius 1 is 1.03 bits per heavy atom. The normalized spacial score (nSPS) is 12.4. The number of hydrogen-bond donors (Lipinski definition) is 1. The molecule has 0 spiro atoms. The summed E-state index contributed by atoms with van der Waals surface area (Å²) in [4.78, 5) is 18.2. The van der Waals surface area contributed by atoms with Gasteiger partial charge >= 0.3 is 6.18 Å². The van der Waals surface area contributed by atoms with Crippen molar-refractivity contribution in [2.75, 3.05) is 6.54 Å². The molecule has 0 aliphatic carbocycles. The van der Waals surface area contributed by atoms with E-state index < -0.39 is 31.5 Å². The lowest BCUT2D eigenvalue weighted by Crippen LogP contribution is -2.44. The average molecular weight is 575 g/mol. The van der Waals surface area contributed by atoms with Gasteiger partial charge in [-0.1, -0.05) is 86.2 Å². The molecule has 0 saturated heterocycles. The molecule has 206 valence electrons. The summed E-state index contributed by atoms with van der Waals surface area (Å²) in [7, 11) is -1.65. The molecule has 3 aromatic carbocycles. The summed E-state index contributed by atoms with van der Waals surface area (Å²) in [6.07, 6.45) is -2.70. The van der Waals surface area contributed by atoms with Crippen LogP contribution in [0.5, 0.6) is 0 Å². The number of amides is 1. The number of rotatable bonds is 8. The Kier molecular flexibility index (Phi) is 8.28. The van der Waals surface area contributed by atoms with Crippen molar-refractivity contribution >= 4 is 41.7 Å². The van der Waals surface area contributed by atoms with Crippen molar-refractivity contribution in [3.63, 3.8) is 0 Å². The van der Waals surface area contributed by atoms with Gasteiger partial charge in [0.05, 0.1) is 24.2 Å². The minimum absolute atomic E-state index is 0.0856. The highest BCUT2D eigenvalue weighted by Gasteiger charge is 2.31. The first kappa shape index (κ1) is 28.9. The molecule has 4 aromatic rings. The van der Waals surface area contributed by atoms with Crippen LogP contribution in [0.25, 0.3) is 10.9 Å². The molecule has 0 fully saturated rings. The van der Waals surface area contributed by atoms with Crippen LogP contribution >= 0.6 is 11.6 Å². The fourth-order valence-electron chi connectivity index (χ4n) is 4.52. The van der Waals surface area contributed by atoms with Crippen LogP contribution in [0.4, 0.5) is 17.6 Å². The van der Waals surface area contributed by atoms with Crippen molar-refractivity contribution in [3.05, 3.63) is 100.0 Å². The molecule has 0 unspecified atom stereocenters. The van der Waals surface area contributed by atoms with Gasteiger partial charge in [-0.05, 0) is 41.3 Å². The summed E-state index contributed by atoms with van der Waals surface area (Å²) in [6.45, 7) is 9.30. The van der Waals surface area contributed by atoms with Crippen LogP contribution in [0.1, 0.15) is 40.9 Å². The Balaban J connectivity index is 1.68. The van der Waals surface area contributed by atoms with E-state index in [2.05, 4.69) is 44.1 Å². The summed E-state index contributed by atoms with van der Waals surface area (Å²) >= 11 is 6.12. The van der Waals surface area contributed by atoms with Crippen molar-refractivity contribution < 1.29 is 22.4 Å². The Hall–Kier alpha value is -3.10. The highest BCUT2D eigenvalue weighted by atomic mass is 35.5. The summed E-state index contributed by atoms with van der Waals surface area (Å²) in [5.74, 6) is -1.42. The number of nitrogens with zero attached hydrogens (tertiary/aromatic N) is 1. The first-order valence-electron chi connectivity index (χ1n) is 12.8. The Morgan fingerprint density at radius 2 is 1.72 bits per heavy atom. The molecule has 0 saturated carbocycles. The quantitative estimate of drug-likeness (QED) is 0.167. The fourth-order valence-corrected chi connectivity index (χ4v) is 6.42. The Bertz CT molecular complexity index is 1480. The lowest BCUT2D eigenvalue weighted by molar-refractivity contribution is -0.137. The monoisotopic (exact) mass is 574 g/mol. The van der Waals surface area contributed by atoms with Gasteiger partial charge in [0.2, 0.25) is 0 Å². The van der Waals surface area contributed by atoms with Crippen LogP contribution < -0.4 is 5.19 Å². The third-order valence-electron chi connectivity index (χ3n) is 7.68. The summed E-state index contributed by atoms with van der Waals surface area (Å²) in [6, 6.07) is 16.3. The molecule has 1 amide bonds. The van der Waals surface area contributed by atoms with Gasteiger partial charge < -0.3 is 9.88 Å². The number of aromatic amines is 1. The van der Waals surface area contributed by atoms with Gasteiger partial charge in [0.15, 0.2) is 5.82 Å². The number of aromatic nitrogens is 1. The first-order valence-corrected chi connectivity index (χ1v) is 16.2. The van der Waals surface area contributed by atoms with Gasteiger partial charge in [-0.3, -0.25) is 4.79 Å². The van der Waals surface area contributed by atoms with E-state index in [9.17, 15) is 18.0 Å². The summed E-state index contributed by atoms with van der Waals surface area (Å²) in [5.41, 5.74) is 1.21. The average Bonchev–Trinajstić information content (AvgIpc) is 3.34. The zero-order chi connectivity index (χ0) is 28.5. The maximum atomic E-state index is 15.2. The maximum Gasteiger partial charge on any atom is 0.416 e. The van der Waals surface area contributed by atoms with Gasteiger partial charge in [-0.2, -0.15) is 13.2 Å². The van der Waals surface area contributed by atoms with Crippen molar-refractivity contribution in [3.8, 4) is 0 Å². The first-order chi connectivity index (χ1) is 18.3. The number of alkyl halides is 3. The predicted molar refractivity (Wildman–Crippen MR) is 152 cm³/mol. The van der Waals surface area contributed by atoms with Crippen molar-refractivity contribution in [2.45, 2.75) is 51.6 Å². The molecule has 1 N–H and O–H groups in total. The van der Waals surface area contributed by atoms with E-state index in [0.29, 0.717) is 22.0 Å². The molecule has 9 heteroatoms. The van der Waals surface area contributed by atoms with E-state index in [4.69, 9.17) is 11.6 Å². The van der Waals surface area contributed by atoms with Crippen LogP contribution in [-0.2, 0) is 19.1 Å². The van der Waals surface area contributed by atoms with Crippen molar-refractivity contribution in [2.24, 2.45) is 0 Å². The van der Waals surface area contributed by atoms with E-state index >= 15 is 4.39 Å². The van der Waals surface area contributed by atoms with Gasteiger partial charge in [0.1, 0.15) is 5.56 Å². The fraction of sp³-hybridized carbons (Fsp3) is 0.300. The van der Waals surface area contributed by atoms with Crippen LogP contribution in [-0.4, -0.2) is 30.4 Å². The Labute approximate surface area is 231 Å². The minimum Gasteiger partial charge on any atom is -0.360 e. The van der Waals surface area contributed by atoms with E-state index in [1.807, 2.05) is 12.1 Å². The van der Waals surface area contributed by atoms with E-state index in [1.54, 1.807) is 18.3 Å². The zero-order valence-electron chi connectivity index (χ0n) is 22.3. The number of carbonyl (C=O) groups is 1. The molecule has 39 heavy (non-hydrogen) atoms. The van der Waals surface area contributed by atoms with Gasteiger partial charge in [0.25, 0.3) is 5.91 Å². The van der Waals surface area contributed by atoms with E-state index in [0.717, 1.165) is 17.7 Å². The number of halogens is 5. The number of benzene rings is 3. The molecular formula is C30H31ClF4N2OSi. The van der Waals surface area contributed by atoms with Crippen LogP contribution in [0.3, 0.4) is 0 Å². The molecule has 0 atom stereocenters. The molecule has 0 radical (unpaired) electrons. The third-order valence-corrected chi connectivity index (χ3v) is 12.7. The van der Waals surface area contributed by atoms with E-state index in [-0.39, 0.29) is 30.1 Å². The summed E-state index contributed by atoms with van der Waals surface area (Å²) in [5, 5.41) is 1.71. The van der Waals surface area contributed by atoms with Gasteiger partial charge in [-0.25, -0.2) is 4.39 Å². The van der Waals surface area contributed by atoms with E-state index in [1.165, 1.54) is 22.2 Å². The van der Waals surface area contributed by atoms with Crippen LogP contribution in [0.2, 0.25) is 23.7 Å². The smallest absolute Gasteiger partial charge is 0.360 e. The SMILES string of the molecule is CC(C)[Si](C)(C)c1ccc(CN(CCc2cccc(C(F)(F)F)c2)C(=O)c2c(F)c(Cl)cc3cc[nH]c23)cc1. The maximum absolute atomic E-state index is 15.2. The topological polar surface area (TPSA) is 36.1 Å². The second-order valence-corrected chi connectivity index (χ2v) is 16.3. The van der Waals surface area contributed by atoms with Crippen LogP contribution in [0, 0.1) is 5.82 Å². The number of fused-ring (bicyclic) bond motifs is 1. The van der Waals surface area contributed by atoms with Gasteiger partial charge in [0, 0.05) is 24.7 Å². The van der Waals surface area contributed by atoms with Crippen molar-refractivity contribution in [1.82, 2.24) is 9.88 Å². The Morgan fingerprint density at radius 3 is 2.36 bits per heavy atom. The molecule has 3 nitrogen and oxygen atoms in total. The number of carbonyl (C=O) groups excluding carboxylic acids is 1. The molecule has 0 bridgehead atoms. The number of nitrogens with one attached hydrogen (secondary N) is 1. The zero-order valence-corrected chi connectivity index (χ0v) is 24.1. The van der Waals surface area contributed by atoms with Crippen LogP contribution in [0.15, 0.2) is 66.9 Å². The number of H-pyrrole nitrogens is 1. The summed E-state index contributed by atoms with van der Waals surface area (Å²) < 4.78 is 55.0. The van der Waals surface area contributed by atoms with Gasteiger partial charge in [-0.15, -0.1) is 0 Å². The highest BCUT2D eigenvalue weighted by Crippen LogP contribution is 2.31. The molecular weight excluding hydrogens is 544 g/mol. The lowest BCUT2D eigenvalue weighted by atomic mass is 10.1. The lowest BCUT2D eigenvalue weighted by Gasteiger charge is -2.28. The molecule has 1 aromatic heterocycles. The molecule has 0 aliphatic heterocycles. The highest BCUT2D eigenvalue weighted by molar-refractivity contribution is 6.90.